The molecule has 176 valence electrons. The number of ether oxygens (including phenoxy) is 2. The van der Waals surface area contributed by atoms with Crippen molar-refractivity contribution in [2.45, 2.75) is 26.4 Å². The minimum absolute atomic E-state index is 0.133. The van der Waals surface area contributed by atoms with Crippen LogP contribution in [0.15, 0.2) is 47.3 Å². The van der Waals surface area contributed by atoms with E-state index < -0.39 is 6.04 Å². The minimum Gasteiger partial charge on any atom is -0.497 e. The van der Waals surface area contributed by atoms with E-state index in [2.05, 4.69) is 38.4 Å². The van der Waals surface area contributed by atoms with Crippen LogP contribution in [0.2, 0.25) is 0 Å². The lowest BCUT2D eigenvalue weighted by Crippen LogP contribution is -2.42. The molecule has 9 heteroatoms. The SMILES string of the molecule is COc1ccc(Cn2nnnc2[C@@H](c2cc3cc(C)c(C)cc3[nH]c2=O)N2CCOCC2)cc1. The number of aryl methyl sites for hydroxylation is 2. The van der Waals surface area contributed by atoms with Gasteiger partial charge in [-0.3, -0.25) is 9.69 Å². The van der Waals surface area contributed by atoms with Gasteiger partial charge in [-0.1, -0.05) is 12.1 Å². The Morgan fingerprint density at radius 3 is 2.56 bits per heavy atom. The Morgan fingerprint density at radius 2 is 1.82 bits per heavy atom. The molecule has 0 spiro atoms. The van der Waals surface area contributed by atoms with Crippen LogP contribution in [0.5, 0.6) is 5.75 Å². The molecule has 0 unspecified atom stereocenters. The molecular weight excluding hydrogens is 432 g/mol. The molecule has 1 saturated heterocycles. The van der Waals surface area contributed by atoms with E-state index in [0.29, 0.717) is 44.2 Å². The second kappa shape index (κ2) is 9.36. The number of aromatic nitrogens is 5. The minimum atomic E-state index is -0.396. The molecule has 1 fully saturated rings. The van der Waals surface area contributed by atoms with E-state index in [1.165, 1.54) is 5.56 Å². The molecule has 2 aromatic carbocycles. The zero-order chi connectivity index (χ0) is 23.7. The molecule has 9 nitrogen and oxygen atoms in total. The fourth-order valence-electron chi connectivity index (χ4n) is 4.46. The largest absolute Gasteiger partial charge is 0.497 e. The lowest BCUT2D eigenvalue weighted by molar-refractivity contribution is 0.0214. The van der Waals surface area contributed by atoms with Gasteiger partial charge < -0.3 is 14.5 Å². The van der Waals surface area contributed by atoms with Crippen LogP contribution in [0.3, 0.4) is 0 Å². The number of rotatable bonds is 6. The highest BCUT2D eigenvalue weighted by Gasteiger charge is 2.31. The van der Waals surface area contributed by atoms with Gasteiger partial charge in [0.15, 0.2) is 5.82 Å². The highest BCUT2D eigenvalue weighted by atomic mass is 16.5. The third-order valence-corrected chi connectivity index (χ3v) is 6.49. The number of hydrogen-bond acceptors (Lipinski definition) is 7. The van der Waals surface area contributed by atoms with E-state index in [-0.39, 0.29) is 5.56 Å². The van der Waals surface area contributed by atoms with E-state index in [1.807, 2.05) is 43.3 Å². The van der Waals surface area contributed by atoms with Gasteiger partial charge in [0.25, 0.3) is 5.56 Å². The number of hydrogen-bond donors (Lipinski definition) is 1. The zero-order valence-electron chi connectivity index (χ0n) is 19.6. The standard InChI is InChI=1S/C25H28N6O3/c1-16-12-19-14-21(25(32)26-22(19)13-17(16)2)23(30-8-10-34-11-9-30)24-27-28-29-31(24)15-18-4-6-20(33-3)7-5-18/h4-7,12-14,23H,8-11,15H2,1-3H3,(H,26,32)/t23-/m1/s1. The van der Waals surface area contributed by atoms with Crippen molar-refractivity contribution in [2.24, 2.45) is 0 Å². The lowest BCUT2D eigenvalue weighted by Gasteiger charge is -2.33. The maximum absolute atomic E-state index is 13.3. The molecule has 5 rings (SSSR count). The second-order valence-corrected chi connectivity index (χ2v) is 8.67. The average Bonchev–Trinajstić information content (AvgIpc) is 3.29. The number of morpholine rings is 1. The highest BCUT2D eigenvalue weighted by Crippen LogP contribution is 2.28. The zero-order valence-corrected chi connectivity index (χ0v) is 19.6. The summed E-state index contributed by atoms with van der Waals surface area (Å²) in [5.74, 6) is 1.42. The molecule has 1 N–H and O–H groups in total. The molecule has 0 saturated carbocycles. The lowest BCUT2D eigenvalue weighted by atomic mass is 10.0. The Kier molecular flexibility index (Phi) is 6.12. The van der Waals surface area contributed by atoms with E-state index >= 15 is 0 Å². The first-order valence-corrected chi connectivity index (χ1v) is 11.4. The molecule has 34 heavy (non-hydrogen) atoms. The average molecular weight is 461 g/mol. The molecule has 4 aromatic rings. The summed E-state index contributed by atoms with van der Waals surface area (Å²) in [4.78, 5) is 18.6. The summed E-state index contributed by atoms with van der Waals surface area (Å²) >= 11 is 0. The molecule has 0 aliphatic carbocycles. The Bertz CT molecular complexity index is 1360. The van der Waals surface area contributed by atoms with Crippen LogP contribution in [0, 0.1) is 13.8 Å². The van der Waals surface area contributed by atoms with Crippen molar-refractivity contribution >= 4 is 10.9 Å². The Hall–Kier alpha value is -3.56. The fourth-order valence-corrected chi connectivity index (χ4v) is 4.46. The molecule has 2 aromatic heterocycles. The first kappa shape index (κ1) is 22.2. The number of fused-ring (bicyclic) bond motifs is 1. The van der Waals surface area contributed by atoms with Gasteiger partial charge in [0.2, 0.25) is 0 Å². The van der Waals surface area contributed by atoms with Gasteiger partial charge >= 0.3 is 0 Å². The van der Waals surface area contributed by atoms with Crippen molar-refractivity contribution in [3.63, 3.8) is 0 Å². The summed E-state index contributed by atoms with van der Waals surface area (Å²) in [5, 5.41) is 13.6. The van der Waals surface area contributed by atoms with E-state index in [4.69, 9.17) is 9.47 Å². The Balaban J connectivity index is 1.59. The summed E-state index contributed by atoms with van der Waals surface area (Å²) in [5.41, 5.74) is 4.68. The number of pyridine rings is 1. The number of nitrogens with one attached hydrogen (secondary N) is 1. The number of benzene rings is 2. The van der Waals surface area contributed by atoms with Crippen LogP contribution in [0.25, 0.3) is 10.9 Å². The quantitative estimate of drug-likeness (QED) is 0.472. The topological polar surface area (TPSA) is 98.2 Å². The Labute approximate surface area is 197 Å². The van der Waals surface area contributed by atoms with Crippen LogP contribution >= 0.6 is 0 Å². The van der Waals surface area contributed by atoms with Crippen molar-refractivity contribution in [3.05, 3.63) is 80.9 Å². The van der Waals surface area contributed by atoms with Gasteiger partial charge in [-0.25, -0.2) is 4.68 Å². The molecule has 1 atom stereocenters. The van der Waals surface area contributed by atoms with E-state index in [1.54, 1.807) is 11.8 Å². The summed E-state index contributed by atoms with van der Waals surface area (Å²) in [7, 11) is 1.64. The van der Waals surface area contributed by atoms with Gasteiger partial charge in [-0.05, 0) is 76.7 Å². The van der Waals surface area contributed by atoms with Crippen molar-refractivity contribution in [2.75, 3.05) is 33.4 Å². The summed E-state index contributed by atoms with van der Waals surface area (Å²) in [6.45, 7) is 7.17. The maximum Gasteiger partial charge on any atom is 0.253 e. The predicted octanol–water partition coefficient (Wildman–Crippen LogP) is 2.61. The number of methoxy groups -OCH3 is 1. The number of aromatic amines is 1. The van der Waals surface area contributed by atoms with Crippen molar-refractivity contribution in [1.82, 2.24) is 30.1 Å². The van der Waals surface area contributed by atoms with Crippen molar-refractivity contribution in [3.8, 4) is 5.75 Å². The van der Waals surface area contributed by atoms with Gasteiger partial charge in [0, 0.05) is 24.2 Å². The molecule has 0 bridgehead atoms. The van der Waals surface area contributed by atoms with Crippen molar-refractivity contribution < 1.29 is 9.47 Å². The first-order chi connectivity index (χ1) is 16.5. The molecular formula is C25H28N6O3. The van der Waals surface area contributed by atoms with Gasteiger partial charge in [0.1, 0.15) is 11.8 Å². The normalized spacial score (nSPS) is 15.5. The monoisotopic (exact) mass is 460 g/mol. The number of H-pyrrole nitrogens is 1. The maximum atomic E-state index is 13.3. The number of nitrogens with zero attached hydrogens (tertiary/aromatic N) is 5. The summed E-state index contributed by atoms with van der Waals surface area (Å²) in [6, 6.07) is 13.5. The van der Waals surface area contributed by atoms with E-state index in [9.17, 15) is 4.79 Å². The van der Waals surface area contributed by atoms with Gasteiger partial charge in [0.05, 0.1) is 26.9 Å². The third-order valence-electron chi connectivity index (χ3n) is 6.49. The van der Waals surface area contributed by atoms with Crippen LogP contribution in [0.1, 0.15) is 34.1 Å². The van der Waals surface area contributed by atoms with Crippen LogP contribution in [-0.4, -0.2) is 63.5 Å². The van der Waals surface area contributed by atoms with Crippen LogP contribution < -0.4 is 10.3 Å². The predicted molar refractivity (Wildman–Crippen MR) is 128 cm³/mol. The Morgan fingerprint density at radius 1 is 1.09 bits per heavy atom. The van der Waals surface area contributed by atoms with E-state index in [0.717, 1.165) is 27.8 Å². The van der Waals surface area contributed by atoms with Crippen LogP contribution in [0.4, 0.5) is 0 Å². The van der Waals surface area contributed by atoms with Crippen molar-refractivity contribution in [1.29, 1.82) is 0 Å². The smallest absolute Gasteiger partial charge is 0.253 e. The highest BCUT2D eigenvalue weighted by molar-refractivity contribution is 5.81. The second-order valence-electron chi connectivity index (χ2n) is 8.67. The fraction of sp³-hybridized carbons (Fsp3) is 0.360. The summed E-state index contributed by atoms with van der Waals surface area (Å²) < 4.78 is 12.6. The molecule has 1 aliphatic rings. The molecule has 0 amide bonds. The number of tetrazole rings is 1. The van der Waals surface area contributed by atoms with Gasteiger partial charge in [-0.2, -0.15) is 0 Å². The first-order valence-electron chi connectivity index (χ1n) is 11.4. The summed E-state index contributed by atoms with van der Waals surface area (Å²) in [6.07, 6.45) is 0. The molecule has 0 radical (unpaired) electrons. The van der Waals surface area contributed by atoms with Gasteiger partial charge in [-0.15, -0.1) is 5.10 Å². The van der Waals surface area contributed by atoms with Crippen LogP contribution in [-0.2, 0) is 11.3 Å². The molecule has 1 aliphatic heterocycles. The molecule has 3 heterocycles. The third kappa shape index (κ3) is 4.32.